The molecule has 1 aliphatic heterocycles. The number of rotatable bonds is 5. The van der Waals surface area contributed by atoms with Crippen molar-refractivity contribution >= 4 is 11.6 Å². The summed E-state index contributed by atoms with van der Waals surface area (Å²) >= 11 is 0. The van der Waals surface area contributed by atoms with Gasteiger partial charge >= 0.3 is 0 Å². The Morgan fingerprint density at radius 3 is 2.94 bits per heavy atom. The molecule has 2 rings (SSSR count). The van der Waals surface area contributed by atoms with Gasteiger partial charge in [-0.05, 0) is 0 Å². The molecule has 0 amide bonds. The Labute approximate surface area is 101 Å². The molecule has 0 bridgehead atoms. The van der Waals surface area contributed by atoms with Crippen LogP contribution in [0.1, 0.15) is 6.42 Å². The van der Waals surface area contributed by atoms with E-state index in [2.05, 4.69) is 20.6 Å². The van der Waals surface area contributed by atoms with Crippen LogP contribution in [-0.2, 0) is 9.47 Å². The highest BCUT2D eigenvalue weighted by molar-refractivity contribution is 5.41. The second-order valence-electron chi connectivity index (χ2n) is 4.08. The quantitative estimate of drug-likeness (QED) is 0.788. The lowest BCUT2D eigenvalue weighted by molar-refractivity contribution is -0.00625. The molecule has 1 aromatic heterocycles. The van der Waals surface area contributed by atoms with Gasteiger partial charge in [-0.2, -0.15) is 0 Å². The topological polar surface area (TPSA) is 68.3 Å². The Kier molecular flexibility index (Phi) is 3.75. The molecule has 0 spiro atoms. The molecule has 1 unspecified atom stereocenters. The third-order valence-electron chi connectivity index (χ3n) is 2.98. The summed E-state index contributed by atoms with van der Waals surface area (Å²) in [7, 11) is 3.53. The lowest BCUT2D eigenvalue weighted by atomic mass is 10.0. The molecular weight excluding hydrogens is 220 g/mol. The second-order valence-corrected chi connectivity index (χ2v) is 4.08. The average molecular weight is 238 g/mol. The van der Waals surface area contributed by atoms with Crippen LogP contribution < -0.4 is 10.6 Å². The van der Waals surface area contributed by atoms with Gasteiger partial charge in [-0.25, -0.2) is 4.98 Å². The van der Waals surface area contributed by atoms with Crippen molar-refractivity contribution in [3.05, 3.63) is 12.4 Å². The Bertz CT molecular complexity index is 366. The fourth-order valence-corrected chi connectivity index (χ4v) is 1.78. The molecule has 0 saturated carbocycles. The largest absolute Gasteiger partial charge is 0.378 e. The van der Waals surface area contributed by atoms with Gasteiger partial charge in [0, 0.05) is 33.7 Å². The minimum Gasteiger partial charge on any atom is -0.378 e. The zero-order chi connectivity index (χ0) is 12.1. The predicted molar refractivity (Wildman–Crippen MR) is 65.2 cm³/mol. The van der Waals surface area contributed by atoms with Gasteiger partial charge in [-0.15, -0.1) is 0 Å². The number of aromatic nitrogens is 2. The number of nitrogens with one attached hydrogen (secondary N) is 2. The Morgan fingerprint density at radius 1 is 1.47 bits per heavy atom. The van der Waals surface area contributed by atoms with Crippen molar-refractivity contribution in [1.82, 2.24) is 9.97 Å². The lowest BCUT2D eigenvalue weighted by Crippen LogP contribution is -2.39. The fraction of sp³-hybridized carbons (Fsp3) is 0.636. The fourth-order valence-electron chi connectivity index (χ4n) is 1.78. The van der Waals surface area contributed by atoms with Crippen molar-refractivity contribution in [2.24, 2.45) is 0 Å². The molecule has 6 heteroatoms. The maximum Gasteiger partial charge on any atom is 0.147 e. The van der Waals surface area contributed by atoms with Crippen LogP contribution in [0.25, 0.3) is 0 Å². The third kappa shape index (κ3) is 2.83. The number of hydrogen-bond acceptors (Lipinski definition) is 6. The van der Waals surface area contributed by atoms with Crippen LogP contribution in [0.3, 0.4) is 0 Å². The molecule has 1 atom stereocenters. The zero-order valence-corrected chi connectivity index (χ0v) is 10.2. The molecule has 2 heterocycles. The molecule has 17 heavy (non-hydrogen) atoms. The van der Waals surface area contributed by atoms with Crippen LogP contribution in [0.15, 0.2) is 12.4 Å². The van der Waals surface area contributed by atoms with Crippen molar-refractivity contribution in [3.63, 3.8) is 0 Å². The average Bonchev–Trinajstić information content (AvgIpc) is 2.86. The van der Waals surface area contributed by atoms with E-state index in [1.807, 2.05) is 7.05 Å². The van der Waals surface area contributed by atoms with Crippen molar-refractivity contribution < 1.29 is 9.47 Å². The van der Waals surface area contributed by atoms with E-state index in [4.69, 9.17) is 9.47 Å². The van der Waals surface area contributed by atoms with Crippen molar-refractivity contribution in [2.45, 2.75) is 12.0 Å². The lowest BCUT2D eigenvalue weighted by Gasteiger charge is -2.26. The predicted octanol–water partition coefficient (Wildman–Crippen LogP) is 0.736. The zero-order valence-electron chi connectivity index (χ0n) is 10.2. The summed E-state index contributed by atoms with van der Waals surface area (Å²) in [5.41, 5.74) is -0.239. The molecule has 1 fully saturated rings. The molecule has 0 aliphatic carbocycles. The van der Waals surface area contributed by atoms with Crippen LogP contribution in [-0.4, -0.2) is 49.5 Å². The molecular formula is C11H18N4O2. The Morgan fingerprint density at radius 2 is 2.29 bits per heavy atom. The molecule has 2 N–H and O–H groups in total. The maximum absolute atomic E-state index is 5.53. The number of methoxy groups -OCH3 is 1. The van der Waals surface area contributed by atoms with Crippen LogP contribution in [0, 0.1) is 0 Å². The molecule has 0 radical (unpaired) electrons. The molecule has 1 saturated heterocycles. The number of ether oxygens (including phenoxy) is 2. The van der Waals surface area contributed by atoms with E-state index in [0.717, 1.165) is 24.7 Å². The van der Waals surface area contributed by atoms with E-state index in [0.29, 0.717) is 13.2 Å². The molecule has 6 nitrogen and oxygen atoms in total. The van der Waals surface area contributed by atoms with E-state index in [-0.39, 0.29) is 5.60 Å². The summed E-state index contributed by atoms with van der Waals surface area (Å²) in [6.07, 6.45) is 4.27. The van der Waals surface area contributed by atoms with Crippen LogP contribution in [0.4, 0.5) is 11.6 Å². The first-order valence-electron chi connectivity index (χ1n) is 5.64. The normalized spacial score (nSPS) is 23.6. The van der Waals surface area contributed by atoms with E-state index >= 15 is 0 Å². The Balaban J connectivity index is 1.96. The highest BCUT2D eigenvalue weighted by Gasteiger charge is 2.34. The van der Waals surface area contributed by atoms with Gasteiger partial charge in [0.2, 0.25) is 0 Å². The summed E-state index contributed by atoms with van der Waals surface area (Å²) in [6.45, 7) is 2.04. The highest BCUT2D eigenvalue weighted by Crippen LogP contribution is 2.22. The molecule has 1 aliphatic rings. The Hall–Kier alpha value is -1.40. The summed E-state index contributed by atoms with van der Waals surface area (Å²) in [5.74, 6) is 1.48. The summed E-state index contributed by atoms with van der Waals surface area (Å²) in [5, 5.41) is 6.18. The smallest absolute Gasteiger partial charge is 0.147 e. The van der Waals surface area contributed by atoms with Gasteiger partial charge in [0.15, 0.2) is 0 Å². The number of nitrogens with zero attached hydrogens (tertiary/aromatic N) is 2. The van der Waals surface area contributed by atoms with Crippen molar-refractivity contribution in [1.29, 1.82) is 0 Å². The minimum absolute atomic E-state index is 0.239. The first-order valence-corrected chi connectivity index (χ1v) is 5.64. The summed E-state index contributed by atoms with van der Waals surface area (Å²) < 4.78 is 10.9. The van der Waals surface area contributed by atoms with Crippen LogP contribution in [0.2, 0.25) is 0 Å². The highest BCUT2D eigenvalue weighted by atomic mass is 16.5. The standard InChI is InChI=1S/C11H18N4O2/c1-12-9-5-13-6-10(15-9)14-7-11(16-2)3-4-17-8-11/h5-6H,3-4,7-8H2,1-2H3,(H2,12,14,15). The van der Waals surface area contributed by atoms with Gasteiger partial charge in [-0.3, -0.25) is 4.98 Å². The third-order valence-corrected chi connectivity index (χ3v) is 2.98. The summed E-state index contributed by atoms with van der Waals surface area (Å²) in [4.78, 5) is 8.43. The first kappa shape index (κ1) is 12.1. The maximum atomic E-state index is 5.53. The summed E-state index contributed by atoms with van der Waals surface area (Å²) in [6, 6.07) is 0. The monoisotopic (exact) mass is 238 g/mol. The van der Waals surface area contributed by atoms with E-state index in [1.54, 1.807) is 19.5 Å². The minimum atomic E-state index is -0.239. The van der Waals surface area contributed by atoms with Gasteiger partial charge in [0.05, 0.1) is 19.0 Å². The number of hydrogen-bond donors (Lipinski definition) is 2. The van der Waals surface area contributed by atoms with Crippen molar-refractivity contribution in [2.75, 3.05) is 44.5 Å². The van der Waals surface area contributed by atoms with Crippen molar-refractivity contribution in [3.8, 4) is 0 Å². The molecule has 0 aromatic carbocycles. The van der Waals surface area contributed by atoms with Crippen LogP contribution in [0.5, 0.6) is 0 Å². The molecule has 1 aromatic rings. The van der Waals surface area contributed by atoms with Crippen LogP contribution >= 0.6 is 0 Å². The SMILES string of the molecule is CNc1cncc(NCC2(OC)CCOC2)n1. The number of anilines is 2. The van der Waals surface area contributed by atoms with E-state index < -0.39 is 0 Å². The van der Waals surface area contributed by atoms with Gasteiger partial charge in [0.1, 0.15) is 17.2 Å². The van der Waals surface area contributed by atoms with Gasteiger partial charge < -0.3 is 20.1 Å². The van der Waals surface area contributed by atoms with E-state index in [1.165, 1.54) is 0 Å². The van der Waals surface area contributed by atoms with Gasteiger partial charge in [0.25, 0.3) is 0 Å². The van der Waals surface area contributed by atoms with E-state index in [9.17, 15) is 0 Å². The van der Waals surface area contributed by atoms with Gasteiger partial charge in [-0.1, -0.05) is 0 Å². The first-order chi connectivity index (χ1) is 8.28. The molecule has 94 valence electrons. The second kappa shape index (κ2) is 5.29.